The van der Waals surface area contributed by atoms with Crippen LogP contribution in [0.4, 0.5) is 5.13 Å². The van der Waals surface area contributed by atoms with Crippen LogP contribution in [0.2, 0.25) is 0 Å². The van der Waals surface area contributed by atoms with Crippen LogP contribution in [0, 0.1) is 0 Å². The molecule has 0 aliphatic heterocycles. The number of anilines is 1. The monoisotopic (exact) mass is 289 g/mol. The average Bonchev–Trinajstić information content (AvgIpc) is 2.93. The van der Waals surface area contributed by atoms with Gasteiger partial charge in [0.2, 0.25) is 11.0 Å². The Hall–Kier alpha value is -2.08. The van der Waals surface area contributed by atoms with Crippen molar-refractivity contribution in [3.63, 3.8) is 0 Å². The van der Waals surface area contributed by atoms with Crippen molar-refractivity contribution >= 4 is 28.2 Å². The number of nitrogens with one attached hydrogen (secondary N) is 1. The minimum absolute atomic E-state index is 0.0349. The molecule has 104 valence electrons. The lowest BCUT2D eigenvalue weighted by Gasteiger charge is -2.01. The molecule has 2 aromatic rings. The van der Waals surface area contributed by atoms with Crippen molar-refractivity contribution in [1.29, 1.82) is 0 Å². The molecule has 0 unspecified atom stereocenters. The van der Waals surface area contributed by atoms with Gasteiger partial charge in [0, 0.05) is 18.4 Å². The molecule has 1 amide bonds. The van der Waals surface area contributed by atoms with Crippen LogP contribution in [0.25, 0.3) is 0 Å². The summed E-state index contributed by atoms with van der Waals surface area (Å²) in [5.41, 5.74) is 0.629. The van der Waals surface area contributed by atoms with E-state index >= 15 is 0 Å². The number of hydrogen-bond donors (Lipinski definition) is 1. The summed E-state index contributed by atoms with van der Waals surface area (Å²) in [5, 5.41) is 11.8. The Kier molecular flexibility index (Phi) is 4.95. The van der Waals surface area contributed by atoms with Crippen molar-refractivity contribution in [2.75, 3.05) is 5.32 Å². The van der Waals surface area contributed by atoms with E-state index in [1.54, 1.807) is 24.3 Å². The Bertz CT molecular complexity index is 595. The SMILES string of the molecule is CCc1nnc(NC(=O)CCC(=O)c2ccccc2)s1. The van der Waals surface area contributed by atoms with Crippen molar-refractivity contribution < 1.29 is 9.59 Å². The molecule has 1 N–H and O–H groups in total. The first-order chi connectivity index (χ1) is 9.69. The van der Waals surface area contributed by atoms with E-state index in [9.17, 15) is 9.59 Å². The summed E-state index contributed by atoms with van der Waals surface area (Å²) in [4.78, 5) is 23.6. The number of aromatic nitrogens is 2. The third-order valence-electron chi connectivity index (χ3n) is 2.69. The fourth-order valence-corrected chi connectivity index (χ4v) is 2.32. The summed E-state index contributed by atoms with van der Waals surface area (Å²) in [6.07, 6.45) is 1.13. The molecule has 0 atom stereocenters. The Balaban J connectivity index is 1.82. The number of carbonyl (C=O) groups excluding carboxylic acids is 2. The van der Waals surface area contributed by atoms with Gasteiger partial charge in [-0.1, -0.05) is 48.6 Å². The summed E-state index contributed by atoms with van der Waals surface area (Å²) in [6, 6.07) is 8.96. The molecule has 0 fully saturated rings. The first-order valence-corrected chi connectivity index (χ1v) is 7.21. The van der Waals surface area contributed by atoms with Crippen LogP contribution in [0.3, 0.4) is 0 Å². The van der Waals surface area contributed by atoms with Gasteiger partial charge in [-0.05, 0) is 6.42 Å². The molecule has 0 bridgehead atoms. The predicted molar refractivity (Wildman–Crippen MR) is 77.9 cm³/mol. The van der Waals surface area contributed by atoms with Gasteiger partial charge in [0.25, 0.3) is 0 Å². The smallest absolute Gasteiger partial charge is 0.226 e. The van der Waals surface area contributed by atoms with Gasteiger partial charge in [0.1, 0.15) is 5.01 Å². The molecule has 0 aliphatic carbocycles. The van der Waals surface area contributed by atoms with E-state index < -0.39 is 0 Å². The topological polar surface area (TPSA) is 72.0 Å². The highest BCUT2D eigenvalue weighted by Gasteiger charge is 2.11. The maximum Gasteiger partial charge on any atom is 0.226 e. The number of carbonyl (C=O) groups is 2. The molecule has 6 heteroatoms. The zero-order valence-electron chi connectivity index (χ0n) is 11.1. The number of nitrogens with zero attached hydrogens (tertiary/aromatic N) is 2. The van der Waals surface area contributed by atoms with Crippen LogP contribution < -0.4 is 5.32 Å². The second-order valence-electron chi connectivity index (χ2n) is 4.19. The number of Topliss-reactive ketones (excluding diaryl/α,β-unsaturated/α-hetero) is 1. The van der Waals surface area contributed by atoms with Crippen molar-refractivity contribution in [3.8, 4) is 0 Å². The van der Waals surface area contributed by atoms with E-state index in [1.807, 2.05) is 13.0 Å². The van der Waals surface area contributed by atoms with Crippen LogP contribution in [0.5, 0.6) is 0 Å². The van der Waals surface area contributed by atoms with Crippen LogP contribution >= 0.6 is 11.3 Å². The summed E-state index contributed by atoms with van der Waals surface area (Å²) < 4.78 is 0. The lowest BCUT2D eigenvalue weighted by Crippen LogP contribution is -2.13. The van der Waals surface area contributed by atoms with Crippen LogP contribution in [-0.2, 0) is 11.2 Å². The first-order valence-electron chi connectivity index (χ1n) is 6.39. The van der Waals surface area contributed by atoms with Gasteiger partial charge in [0.15, 0.2) is 5.78 Å². The fourth-order valence-electron chi connectivity index (χ4n) is 1.62. The van der Waals surface area contributed by atoms with Gasteiger partial charge in [0.05, 0.1) is 0 Å². The highest BCUT2D eigenvalue weighted by atomic mass is 32.1. The molecule has 1 heterocycles. The van der Waals surface area contributed by atoms with Crippen LogP contribution in [-0.4, -0.2) is 21.9 Å². The van der Waals surface area contributed by atoms with Gasteiger partial charge in [-0.2, -0.15) is 0 Å². The van der Waals surface area contributed by atoms with E-state index in [2.05, 4.69) is 15.5 Å². The number of amides is 1. The summed E-state index contributed by atoms with van der Waals surface area (Å²) in [6.45, 7) is 1.98. The zero-order valence-corrected chi connectivity index (χ0v) is 11.9. The number of rotatable bonds is 6. The summed E-state index contributed by atoms with van der Waals surface area (Å²) in [7, 11) is 0. The predicted octanol–water partition coefficient (Wildman–Crippen LogP) is 2.70. The molecular weight excluding hydrogens is 274 g/mol. The molecule has 20 heavy (non-hydrogen) atoms. The maximum absolute atomic E-state index is 11.8. The quantitative estimate of drug-likeness (QED) is 0.830. The standard InChI is InChI=1S/C14H15N3O2S/c1-2-13-16-17-14(20-13)15-12(19)9-8-11(18)10-6-4-3-5-7-10/h3-7H,2,8-9H2,1H3,(H,15,17,19). The molecule has 0 spiro atoms. The second kappa shape index (κ2) is 6.91. The van der Waals surface area contributed by atoms with E-state index in [4.69, 9.17) is 0 Å². The van der Waals surface area contributed by atoms with Crippen molar-refractivity contribution in [3.05, 3.63) is 40.9 Å². The Morgan fingerprint density at radius 2 is 1.90 bits per heavy atom. The van der Waals surface area contributed by atoms with Gasteiger partial charge in [-0.3, -0.25) is 9.59 Å². The average molecular weight is 289 g/mol. The molecule has 0 saturated carbocycles. The van der Waals surface area contributed by atoms with Gasteiger partial charge < -0.3 is 5.32 Å². The van der Waals surface area contributed by atoms with Crippen LogP contribution in [0.1, 0.15) is 35.1 Å². The third-order valence-corrected chi connectivity index (χ3v) is 3.67. The zero-order chi connectivity index (χ0) is 14.4. The molecule has 0 radical (unpaired) electrons. The molecule has 0 aliphatic rings. The number of ketones is 1. The van der Waals surface area contributed by atoms with E-state index in [0.29, 0.717) is 10.7 Å². The molecule has 2 rings (SSSR count). The normalized spacial score (nSPS) is 10.2. The number of hydrogen-bond acceptors (Lipinski definition) is 5. The van der Waals surface area contributed by atoms with Gasteiger partial charge >= 0.3 is 0 Å². The Morgan fingerprint density at radius 3 is 2.55 bits per heavy atom. The second-order valence-corrected chi connectivity index (χ2v) is 5.25. The van der Waals surface area contributed by atoms with Gasteiger partial charge in [-0.15, -0.1) is 10.2 Å². The maximum atomic E-state index is 11.8. The Labute approximate surface area is 121 Å². The minimum atomic E-state index is -0.215. The van der Waals surface area contributed by atoms with Crippen molar-refractivity contribution in [2.45, 2.75) is 26.2 Å². The van der Waals surface area contributed by atoms with Crippen LogP contribution in [0.15, 0.2) is 30.3 Å². The van der Waals surface area contributed by atoms with Crippen molar-refractivity contribution in [1.82, 2.24) is 10.2 Å². The largest absolute Gasteiger partial charge is 0.301 e. The Morgan fingerprint density at radius 1 is 1.15 bits per heavy atom. The number of aryl methyl sites for hydroxylation is 1. The van der Waals surface area contributed by atoms with Gasteiger partial charge in [-0.25, -0.2) is 0 Å². The molecule has 0 saturated heterocycles. The van der Waals surface area contributed by atoms with E-state index in [-0.39, 0.29) is 24.5 Å². The number of benzene rings is 1. The highest BCUT2D eigenvalue weighted by molar-refractivity contribution is 7.15. The lowest BCUT2D eigenvalue weighted by atomic mass is 10.1. The van der Waals surface area contributed by atoms with E-state index in [0.717, 1.165) is 11.4 Å². The molecule has 1 aromatic heterocycles. The summed E-state index contributed by atoms with van der Waals surface area (Å²) >= 11 is 1.35. The first kappa shape index (κ1) is 14.3. The van der Waals surface area contributed by atoms with Crippen molar-refractivity contribution in [2.24, 2.45) is 0 Å². The highest BCUT2D eigenvalue weighted by Crippen LogP contribution is 2.16. The van der Waals surface area contributed by atoms with E-state index in [1.165, 1.54) is 11.3 Å². The minimum Gasteiger partial charge on any atom is -0.301 e. The molecule has 5 nitrogen and oxygen atoms in total. The third kappa shape index (κ3) is 3.96. The lowest BCUT2D eigenvalue weighted by molar-refractivity contribution is -0.116. The molecule has 1 aromatic carbocycles. The molecular formula is C14H15N3O2S. The fraction of sp³-hybridized carbons (Fsp3) is 0.286. The summed E-state index contributed by atoms with van der Waals surface area (Å²) in [5.74, 6) is -0.250.